The van der Waals surface area contributed by atoms with Crippen LogP contribution in [0.1, 0.15) is 32.8 Å². The summed E-state index contributed by atoms with van der Waals surface area (Å²) in [6.45, 7) is 5.49. The molecule has 2 amide bonds. The van der Waals surface area contributed by atoms with Crippen LogP contribution in [0, 0.1) is 5.41 Å². The van der Waals surface area contributed by atoms with Gasteiger partial charge in [-0.1, -0.05) is 32.9 Å². The molecule has 0 aliphatic rings. The van der Waals surface area contributed by atoms with Crippen LogP contribution in [0.2, 0.25) is 0 Å². The average Bonchev–Trinajstić information content (AvgIpc) is 2.45. The van der Waals surface area contributed by atoms with Crippen molar-refractivity contribution in [3.05, 3.63) is 29.8 Å². The fourth-order valence-corrected chi connectivity index (χ4v) is 1.85. The van der Waals surface area contributed by atoms with Crippen molar-refractivity contribution in [3.8, 4) is 0 Å². The Bertz CT molecular complexity index is 595. The molecule has 1 aromatic carbocycles. The maximum atomic E-state index is 12.8. The molecule has 0 heterocycles. The van der Waals surface area contributed by atoms with E-state index in [0.717, 1.165) is 12.1 Å². The number of alkyl halides is 3. The van der Waals surface area contributed by atoms with Crippen molar-refractivity contribution in [1.29, 1.82) is 0 Å². The fourth-order valence-electron chi connectivity index (χ4n) is 1.85. The summed E-state index contributed by atoms with van der Waals surface area (Å²) < 4.78 is 38.5. The molecule has 0 bridgehead atoms. The molecule has 1 unspecified atom stereocenters. The highest BCUT2D eigenvalue weighted by Crippen LogP contribution is 2.34. The van der Waals surface area contributed by atoms with Crippen molar-refractivity contribution < 1.29 is 27.9 Å². The van der Waals surface area contributed by atoms with E-state index in [0.29, 0.717) is 0 Å². The average molecular weight is 346 g/mol. The van der Waals surface area contributed by atoms with Crippen LogP contribution >= 0.6 is 0 Å². The van der Waals surface area contributed by atoms with E-state index in [2.05, 4.69) is 5.32 Å². The molecule has 1 rings (SSSR count). The fraction of sp³-hybridized carbons (Fsp3) is 0.500. The number of carbonyl (C=O) groups is 2. The molecule has 0 saturated carbocycles. The number of anilines is 1. The van der Waals surface area contributed by atoms with Gasteiger partial charge >= 0.3 is 18.0 Å². The van der Waals surface area contributed by atoms with Gasteiger partial charge in [0, 0.05) is 6.54 Å². The Balaban J connectivity index is 2.62. The van der Waals surface area contributed by atoms with Crippen molar-refractivity contribution in [2.45, 2.75) is 39.5 Å². The lowest BCUT2D eigenvalue weighted by atomic mass is 9.87. The number of carbonyl (C=O) groups excluding carboxylic acids is 2. The topological polar surface area (TPSA) is 78.4 Å². The lowest BCUT2D eigenvalue weighted by Gasteiger charge is -2.25. The summed E-state index contributed by atoms with van der Waals surface area (Å²) in [6, 6.07) is 4.39. The van der Waals surface area contributed by atoms with Gasteiger partial charge < -0.3 is 15.7 Å². The smallest absolute Gasteiger partial charge is 0.393 e. The number of hydrogen-bond acceptors (Lipinski definition) is 3. The zero-order valence-electron chi connectivity index (χ0n) is 13.7. The molecule has 1 aromatic rings. The van der Waals surface area contributed by atoms with Crippen LogP contribution in [0.5, 0.6) is 0 Å². The van der Waals surface area contributed by atoms with Crippen LogP contribution in [-0.4, -0.2) is 29.6 Å². The molecule has 0 aromatic heterocycles. The highest BCUT2D eigenvalue weighted by atomic mass is 19.4. The molecule has 1 atom stereocenters. The van der Waals surface area contributed by atoms with Crippen molar-refractivity contribution in [2.24, 2.45) is 5.41 Å². The molecule has 0 aliphatic carbocycles. The number of amides is 2. The zero-order valence-corrected chi connectivity index (χ0v) is 13.7. The number of benzene rings is 1. The number of aliphatic hydroxyl groups is 1. The molecule has 0 spiro atoms. The third-order valence-electron chi connectivity index (χ3n) is 3.39. The molecule has 8 heteroatoms. The van der Waals surface area contributed by atoms with Crippen molar-refractivity contribution in [1.82, 2.24) is 5.32 Å². The van der Waals surface area contributed by atoms with E-state index in [9.17, 15) is 27.9 Å². The molecule has 0 fully saturated rings. The highest BCUT2D eigenvalue weighted by molar-refractivity contribution is 6.39. The van der Waals surface area contributed by atoms with E-state index in [-0.39, 0.29) is 18.4 Å². The number of nitrogens with one attached hydrogen (secondary N) is 2. The lowest BCUT2D eigenvalue weighted by molar-refractivity contribution is -0.138. The van der Waals surface area contributed by atoms with Gasteiger partial charge in [0.15, 0.2) is 0 Å². The van der Waals surface area contributed by atoms with Crippen LogP contribution in [0.25, 0.3) is 0 Å². The van der Waals surface area contributed by atoms with Crippen LogP contribution in [0.4, 0.5) is 18.9 Å². The van der Waals surface area contributed by atoms with E-state index >= 15 is 0 Å². The van der Waals surface area contributed by atoms with Crippen LogP contribution in [-0.2, 0) is 15.8 Å². The number of aliphatic hydroxyl groups excluding tert-OH is 1. The van der Waals surface area contributed by atoms with Crippen LogP contribution in [0.15, 0.2) is 24.3 Å². The summed E-state index contributed by atoms with van der Waals surface area (Å²) in [6.07, 6.45) is -5.11. The van der Waals surface area contributed by atoms with Crippen molar-refractivity contribution in [3.63, 3.8) is 0 Å². The van der Waals surface area contributed by atoms with Gasteiger partial charge in [-0.15, -0.1) is 0 Å². The first-order chi connectivity index (χ1) is 10.9. The monoisotopic (exact) mass is 346 g/mol. The van der Waals surface area contributed by atoms with E-state index in [1.165, 1.54) is 12.1 Å². The van der Waals surface area contributed by atoms with Gasteiger partial charge in [-0.05, 0) is 24.0 Å². The summed E-state index contributed by atoms with van der Waals surface area (Å²) in [5, 5.41) is 14.0. The summed E-state index contributed by atoms with van der Waals surface area (Å²) in [7, 11) is 0. The first-order valence-electron chi connectivity index (χ1n) is 7.36. The van der Waals surface area contributed by atoms with Gasteiger partial charge in [-0.3, -0.25) is 9.59 Å². The van der Waals surface area contributed by atoms with Gasteiger partial charge in [-0.25, -0.2) is 0 Å². The minimum atomic E-state index is -4.64. The largest absolute Gasteiger partial charge is 0.418 e. The van der Waals surface area contributed by atoms with E-state index < -0.39 is 35.3 Å². The Kier molecular flexibility index (Phi) is 6.36. The Hall–Kier alpha value is -2.09. The summed E-state index contributed by atoms with van der Waals surface area (Å²) in [4.78, 5) is 23.4. The molecule has 5 nitrogen and oxygen atoms in total. The maximum Gasteiger partial charge on any atom is 0.418 e. The number of hydrogen-bond donors (Lipinski definition) is 3. The molecule has 134 valence electrons. The highest BCUT2D eigenvalue weighted by Gasteiger charge is 2.34. The Morgan fingerprint density at radius 3 is 2.25 bits per heavy atom. The van der Waals surface area contributed by atoms with Crippen molar-refractivity contribution in [2.75, 3.05) is 11.9 Å². The van der Waals surface area contributed by atoms with E-state index in [1.54, 1.807) is 0 Å². The molecule has 0 saturated heterocycles. The first-order valence-corrected chi connectivity index (χ1v) is 7.36. The van der Waals surface area contributed by atoms with E-state index in [4.69, 9.17) is 0 Å². The second-order valence-electron chi connectivity index (χ2n) is 6.42. The molecule has 0 radical (unpaired) electrons. The minimum Gasteiger partial charge on any atom is -0.393 e. The number of para-hydroxylation sites is 1. The zero-order chi connectivity index (χ0) is 18.5. The second-order valence-corrected chi connectivity index (χ2v) is 6.42. The Labute approximate surface area is 138 Å². The lowest BCUT2D eigenvalue weighted by Crippen LogP contribution is -2.38. The first kappa shape index (κ1) is 20.0. The number of halogens is 3. The predicted octanol–water partition coefficient (Wildman–Crippen LogP) is 2.56. The Morgan fingerprint density at radius 2 is 1.71 bits per heavy atom. The standard InChI is InChI=1S/C16H21F3N2O3/c1-15(2,3)12(22)8-9-20-13(23)14(24)21-11-7-5-4-6-10(11)16(17,18)19/h4-7,12,22H,8-9H2,1-3H3,(H,20,23)(H,21,24). The second kappa shape index (κ2) is 7.65. The molecule has 3 N–H and O–H groups in total. The predicted molar refractivity (Wildman–Crippen MR) is 83.2 cm³/mol. The minimum absolute atomic E-state index is 0.0333. The van der Waals surface area contributed by atoms with Gasteiger partial charge in [0.2, 0.25) is 0 Å². The SMILES string of the molecule is CC(C)(C)C(O)CCNC(=O)C(=O)Nc1ccccc1C(F)(F)F. The Morgan fingerprint density at radius 1 is 1.12 bits per heavy atom. The quantitative estimate of drug-likeness (QED) is 0.733. The van der Waals surface area contributed by atoms with E-state index in [1.807, 2.05) is 26.1 Å². The number of rotatable bonds is 4. The molecular weight excluding hydrogens is 325 g/mol. The normalized spacial score (nSPS) is 13.3. The molecule has 0 aliphatic heterocycles. The third-order valence-corrected chi connectivity index (χ3v) is 3.39. The molecule has 24 heavy (non-hydrogen) atoms. The van der Waals surface area contributed by atoms with Gasteiger partial charge in [0.25, 0.3) is 0 Å². The summed E-state index contributed by atoms with van der Waals surface area (Å²) >= 11 is 0. The van der Waals surface area contributed by atoms with Gasteiger partial charge in [-0.2, -0.15) is 13.2 Å². The summed E-state index contributed by atoms with van der Waals surface area (Å²) in [5.74, 6) is -2.26. The van der Waals surface area contributed by atoms with Crippen molar-refractivity contribution >= 4 is 17.5 Å². The third kappa shape index (κ3) is 5.84. The van der Waals surface area contributed by atoms with Gasteiger partial charge in [0.1, 0.15) is 0 Å². The van der Waals surface area contributed by atoms with Gasteiger partial charge in [0.05, 0.1) is 17.4 Å². The van der Waals surface area contributed by atoms with Crippen LogP contribution in [0.3, 0.4) is 0 Å². The molecular formula is C16H21F3N2O3. The maximum absolute atomic E-state index is 12.8. The summed E-state index contributed by atoms with van der Waals surface area (Å²) in [5.41, 5.74) is -1.90. The van der Waals surface area contributed by atoms with Crippen LogP contribution < -0.4 is 10.6 Å².